The third kappa shape index (κ3) is 3.27. The van der Waals surface area contributed by atoms with Crippen LogP contribution in [0.4, 0.5) is 5.69 Å². The van der Waals surface area contributed by atoms with Crippen molar-refractivity contribution in [2.45, 2.75) is 23.5 Å². The van der Waals surface area contributed by atoms with E-state index in [0.717, 1.165) is 21.9 Å². The van der Waals surface area contributed by atoms with Gasteiger partial charge in [0, 0.05) is 22.6 Å². The number of thioether (sulfide) groups is 1. The molecule has 0 bridgehead atoms. The number of nitrogens with zero attached hydrogens (tertiary/aromatic N) is 1. The minimum Gasteiger partial charge on any atom is -0.507 e. The number of hydrogen-bond donors (Lipinski definition) is 1. The van der Waals surface area contributed by atoms with E-state index in [9.17, 15) is 9.90 Å². The highest BCUT2D eigenvalue weighted by Gasteiger charge is 2.27. The molecule has 0 saturated heterocycles. The van der Waals surface area contributed by atoms with Crippen LogP contribution in [0.5, 0.6) is 17.2 Å². The van der Waals surface area contributed by atoms with Crippen LogP contribution in [0.25, 0.3) is 0 Å². The molecule has 5 rings (SSSR count). The molecule has 1 unspecified atom stereocenters. The van der Waals surface area contributed by atoms with E-state index in [1.807, 2.05) is 42.5 Å². The van der Waals surface area contributed by atoms with Gasteiger partial charge in [0.2, 0.25) is 6.79 Å². The van der Waals surface area contributed by atoms with E-state index in [2.05, 4.69) is 0 Å². The number of ether oxygens (including phenoxy) is 2. The molecule has 1 N–H and O–H groups in total. The van der Waals surface area contributed by atoms with Gasteiger partial charge in [0.25, 0.3) is 0 Å². The van der Waals surface area contributed by atoms with Gasteiger partial charge in [-0.25, -0.2) is 4.79 Å². The quantitative estimate of drug-likeness (QED) is 0.661. The maximum Gasteiger partial charge on any atom is 0.348 e. The van der Waals surface area contributed by atoms with Crippen molar-refractivity contribution in [3.05, 3.63) is 75.8 Å². The zero-order valence-electron chi connectivity index (χ0n) is 15.5. The molecule has 0 amide bonds. The lowest BCUT2D eigenvalue weighted by molar-refractivity contribution is 0.174. The predicted molar refractivity (Wildman–Crippen MR) is 110 cm³/mol. The standard InChI is InChI=1S/C22H17NO5S/c1-12-8-16(24)21(22(25)28-12)15-10-20(29-19-5-3-2-4-14(19)23-15)13-6-7-17-18(9-13)27-11-26-17/h2-9,20,24H,10-11H2,1H3. The zero-order chi connectivity index (χ0) is 20.0. The Morgan fingerprint density at radius 1 is 1.10 bits per heavy atom. The lowest BCUT2D eigenvalue weighted by atomic mass is 10.0. The lowest BCUT2D eigenvalue weighted by Crippen LogP contribution is -2.17. The first-order chi connectivity index (χ1) is 14.1. The fourth-order valence-corrected chi connectivity index (χ4v) is 4.75. The van der Waals surface area contributed by atoms with Gasteiger partial charge in [-0.15, -0.1) is 11.8 Å². The number of aliphatic imine (C=N–C) groups is 1. The fraction of sp³-hybridized carbons (Fsp3) is 0.182. The molecule has 0 radical (unpaired) electrons. The minimum atomic E-state index is -0.588. The molecule has 1 atom stereocenters. The van der Waals surface area contributed by atoms with Crippen molar-refractivity contribution in [1.82, 2.24) is 0 Å². The smallest absolute Gasteiger partial charge is 0.348 e. The van der Waals surface area contributed by atoms with Gasteiger partial charge in [0.15, 0.2) is 11.5 Å². The van der Waals surface area contributed by atoms with Gasteiger partial charge >= 0.3 is 5.63 Å². The van der Waals surface area contributed by atoms with Crippen molar-refractivity contribution >= 4 is 23.2 Å². The molecule has 3 aromatic rings. The van der Waals surface area contributed by atoms with Crippen molar-refractivity contribution < 1.29 is 19.0 Å². The molecule has 7 heteroatoms. The van der Waals surface area contributed by atoms with E-state index in [1.165, 1.54) is 6.07 Å². The van der Waals surface area contributed by atoms with Crippen LogP contribution in [0.1, 0.15) is 28.6 Å². The molecular weight excluding hydrogens is 390 g/mol. The lowest BCUT2D eigenvalue weighted by Gasteiger charge is -2.16. The molecule has 29 heavy (non-hydrogen) atoms. The van der Waals surface area contributed by atoms with Crippen molar-refractivity contribution in [1.29, 1.82) is 0 Å². The second-order valence-corrected chi connectivity index (χ2v) is 8.10. The third-order valence-corrected chi connectivity index (χ3v) is 6.20. The first-order valence-corrected chi connectivity index (χ1v) is 10.0. The fourth-order valence-electron chi connectivity index (χ4n) is 3.53. The number of benzene rings is 2. The Bertz CT molecular complexity index is 1200. The molecule has 0 spiro atoms. The summed E-state index contributed by atoms with van der Waals surface area (Å²) in [6.07, 6.45) is 0.445. The van der Waals surface area contributed by atoms with Gasteiger partial charge in [-0.05, 0) is 36.8 Å². The Labute approximate surface area is 170 Å². The molecular formula is C22H17NO5S. The van der Waals surface area contributed by atoms with E-state index in [-0.39, 0.29) is 23.4 Å². The van der Waals surface area contributed by atoms with Gasteiger partial charge in [-0.2, -0.15) is 0 Å². The Morgan fingerprint density at radius 2 is 1.93 bits per heavy atom. The maximum atomic E-state index is 12.5. The average Bonchev–Trinajstić information content (AvgIpc) is 3.07. The van der Waals surface area contributed by atoms with Crippen LogP contribution in [0.2, 0.25) is 0 Å². The number of aryl methyl sites for hydroxylation is 1. The second-order valence-electron chi connectivity index (χ2n) is 6.85. The van der Waals surface area contributed by atoms with Gasteiger partial charge in [-0.3, -0.25) is 4.99 Å². The molecule has 2 aliphatic rings. The largest absolute Gasteiger partial charge is 0.507 e. The molecule has 146 valence electrons. The number of para-hydroxylation sites is 1. The van der Waals surface area contributed by atoms with E-state index >= 15 is 0 Å². The van der Waals surface area contributed by atoms with Gasteiger partial charge < -0.3 is 19.0 Å². The summed E-state index contributed by atoms with van der Waals surface area (Å²) in [5, 5.41) is 10.4. The summed E-state index contributed by atoms with van der Waals surface area (Å²) in [4.78, 5) is 18.3. The molecule has 3 heterocycles. The minimum absolute atomic E-state index is 0.0352. The van der Waals surface area contributed by atoms with E-state index < -0.39 is 5.63 Å². The molecule has 6 nitrogen and oxygen atoms in total. The van der Waals surface area contributed by atoms with Crippen LogP contribution in [-0.2, 0) is 0 Å². The van der Waals surface area contributed by atoms with Crippen LogP contribution in [0.15, 0.2) is 67.6 Å². The van der Waals surface area contributed by atoms with Crippen molar-refractivity contribution in [2.75, 3.05) is 6.79 Å². The number of rotatable bonds is 2. The molecule has 2 aliphatic heterocycles. The highest BCUT2D eigenvalue weighted by Crippen LogP contribution is 2.47. The average molecular weight is 407 g/mol. The number of aromatic hydroxyl groups is 1. The summed E-state index contributed by atoms with van der Waals surface area (Å²) in [7, 11) is 0. The Balaban J connectivity index is 1.64. The number of fused-ring (bicyclic) bond motifs is 2. The van der Waals surface area contributed by atoms with Crippen LogP contribution in [-0.4, -0.2) is 17.6 Å². The molecule has 0 aliphatic carbocycles. The van der Waals surface area contributed by atoms with E-state index in [1.54, 1.807) is 18.7 Å². The predicted octanol–water partition coefficient (Wildman–Crippen LogP) is 4.74. The second kappa shape index (κ2) is 7.00. The Morgan fingerprint density at radius 3 is 2.79 bits per heavy atom. The summed E-state index contributed by atoms with van der Waals surface area (Å²) in [6, 6.07) is 15.1. The normalized spacial score (nSPS) is 17.4. The van der Waals surface area contributed by atoms with Gasteiger partial charge in [0.05, 0.1) is 11.4 Å². The third-order valence-electron chi connectivity index (χ3n) is 4.88. The zero-order valence-corrected chi connectivity index (χ0v) is 16.4. The highest BCUT2D eigenvalue weighted by atomic mass is 32.2. The summed E-state index contributed by atoms with van der Waals surface area (Å²) in [5.74, 6) is 1.66. The number of hydrogen-bond acceptors (Lipinski definition) is 7. The molecule has 2 aromatic carbocycles. The van der Waals surface area contributed by atoms with Crippen LogP contribution >= 0.6 is 11.8 Å². The van der Waals surface area contributed by atoms with Crippen LogP contribution < -0.4 is 15.1 Å². The molecule has 1 aromatic heterocycles. The van der Waals surface area contributed by atoms with Crippen molar-refractivity contribution in [3.63, 3.8) is 0 Å². The molecule has 0 fully saturated rings. The van der Waals surface area contributed by atoms with Crippen LogP contribution in [0, 0.1) is 6.92 Å². The van der Waals surface area contributed by atoms with E-state index in [4.69, 9.17) is 18.9 Å². The SMILES string of the molecule is Cc1cc(O)c(C2=Nc3ccccc3SC(c3ccc4c(c3)OCO4)C2)c(=O)o1. The first kappa shape index (κ1) is 17.9. The Kier molecular flexibility index (Phi) is 4.32. The van der Waals surface area contributed by atoms with Gasteiger partial charge in [-0.1, -0.05) is 18.2 Å². The summed E-state index contributed by atoms with van der Waals surface area (Å²) >= 11 is 1.66. The maximum absolute atomic E-state index is 12.5. The summed E-state index contributed by atoms with van der Waals surface area (Å²) in [6.45, 7) is 1.84. The van der Waals surface area contributed by atoms with Gasteiger partial charge in [0.1, 0.15) is 17.1 Å². The highest BCUT2D eigenvalue weighted by molar-refractivity contribution is 7.99. The van der Waals surface area contributed by atoms with Crippen LogP contribution in [0.3, 0.4) is 0 Å². The van der Waals surface area contributed by atoms with Crippen molar-refractivity contribution in [3.8, 4) is 17.2 Å². The Hall–Kier alpha value is -3.19. The summed E-state index contributed by atoms with van der Waals surface area (Å²) < 4.78 is 16.2. The first-order valence-electron chi connectivity index (χ1n) is 9.15. The summed E-state index contributed by atoms with van der Waals surface area (Å²) in [5.41, 5.74) is 1.81. The molecule has 0 saturated carbocycles. The van der Waals surface area contributed by atoms with Crippen molar-refractivity contribution in [2.24, 2.45) is 4.99 Å². The monoisotopic (exact) mass is 407 g/mol. The van der Waals surface area contributed by atoms with E-state index in [0.29, 0.717) is 23.6 Å². The topological polar surface area (TPSA) is 81.3 Å².